The minimum atomic E-state index is -0.218. The summed E-state index contributed by atoms with van der Waals surface area (Å²) in [6.45, 7) is 1.24. The third-order valence-electron chi connectivity index (χ3n) is 4.68. The van der Waals surface area contributed by atoms with Crippen LogP contribution < -0.4 is 10.6 Å². The summed E-state index contributed by atoms with van der Waals surface area (Å²) in [4.78, 5) is 16.7. The second kappa shape index (κ2) is 8.62. The van der Waals surface area contributed by atoms with Crippen molar-refractivity contribution in [3.63, 3.8) is 0 Å². The average molecular weight is 339 g/mol. The molecule has 1 amide bonds. The van der Waals surface area contributed by atoms with Crippen LogP contribution in [0, 0.1) is 5.92 Å². The normalized spacial score (nSPS) is 20.0. The van der Waals surface area contributed by atoms with Crippen LogP contribution in [-0.4, -0.2) is 28.6 Å². The van der Waals surface area contributed by atoms with Gasteiger partial charge < -0.3 is 15.7 Å². The number of anilines is 1. The van der Waals surface area contributed by atoms with E-state index in [-0.39, 0.29) is 12.0 Å². The number of nitrogens with zero attached hydrogens (tertiary/aromatic N) is 1. The van der Waals surface area contributed by atoms with Gasteiger partial charge in [-0.15, -0.1) is 0 Å². The van der Waals surface area contributed by atoms with E-state index in [4.69, 9.17) is 0 Å². The molecule has 0 bridgehead atoms. The Morgan fingerprint density at radius 1 is 1.20 bits per heavy atom. The summed E-state index contributed by atoms with van der Waals surface area (Å²) in [7, 11) is 0. The van der Waals surface area contributed by atoms with E-state index in [1.807, 2.05) is 42.6 Å². The van der Waals surface area contributed by atoms with Crippen molar-refractivity contribution in [2.24, 2.45) is 5.92 Å². The summed E-state index contributed by atoms with van der Waals surface area (Å²) < 4.78 is 0. The molecular weight excluding hydrogens is 314 g/mol. The number of amides is 1. The monoisotopic (exact) mass is 339 g/mol. The first-order chi connectivity index (χ1) is 12.2. The van der Waals surface area contributed by atoms with E-state index >= 15 is 0 Å². The predicted octanol–water partition coefficient (Wildman–Crippen LogP) is 2.97. The summed E-state index contributed by atoms with van der Waals surface area (Å²) in [5.41, 5.74) is 2.52. The molecular formula is C20H25N3O2. The topological polar surface area (TPSA) is 74.2 Å². The zero-order valence-electron chi connectivity index (χ0n) is 14.3. The molecule has 2 aromatic rings. The maximum absolute atomic E-state index is 12.6. The number of hydrogen-bond acceptors (Lipinski definition) is 4. The lowest BCUT2D eigenvalue weighted by atomic mass is 9.87. The van der Waals surface area contributed by atoms with Gasteiger partial charge in [0.15, 0.2) is 0 Å². The fourth-order valence-electron chi connectivity index (χ4n) is 3.32. The lowest BCUT2D eigenvalue weighted by Crippen LogP contribution is -2.33. The molecule has 3 rings (SSSR count). The Labute approximate surface area is 148 Å². The molecule has 1 heterocycles. The van der Waals surface area contributed by atoms with Gasteiger partial charge in [-0.1, -0.05) is 24.6 Å². The number of aromatic nitrogens is 1. The number of hydrogen-bond donors (Lipinski definition) is 3. The Balaban J connectivity index is 1.58. The van der Waals surface area contributed by atoms with Gasteiger partial charge >= 0.3 is 0 Å². The molecule has 132 valence electrons. The van der Waals surface area contributed by atoms with Gasteiger partial charge in [0.1, 0.15) is 0 Å². The maximum Gasteiger partial charge on any atom is 0.253 e. The summed E-state index contributed by atoms with van der Waals surface area (Å²) in [6.07, 6.45) is 7.09. The number of rotatable bonds is 6. The van der Waals surface area contributed by atoms with Crippen LogP contribution in [0.25, 0.3) is 0 Å². The van der Waals surface area contributed by atoms with Crippen molar-refractivity contribution in [3.8, 4) is 0 Å². The second-order valence-electron chi connectivity index (χ2n) is 6.66. The van der Waals surface area contributed by atoms with Gasteiger partial charge in [0.25, 0.3) is 5.91 Å². The van der Waals surface area contributed by atoms with Crippen LogP contribution in [-0.2, 0) is 6.54 Å². The van der Waals surface area contributed by atoms with Crippen LogP contribution in [0.2, 0.25) is 0 Å². The van der Waals surface area contributed by atoms with Gasteiger partial charge in [-0.25, -0.2) is 0 Å². The number of carbonyl (C=O) groups excluding carboxylic acids is 1. The highest BCUT2D eigenvalue weighted by Crippen LogP contribution is 2.24. The summed E-state index contributed by atoms with van der Waals surface area (Å²) in [6, 6.07) is 11.4. The zero-order valence-corrected chi connectivity index (χ0v) is 14.3. The fraction of sp³-hybridized carbons (Fsp3) is 0.400. The molecule has 0 spiro atoms. The van der Waals surface area contributed by atoms with Gasteiger partial charge in [-0.3, -0.25) is 9.78 Å². The molecule has 5 heteroatoms. The number of para-hydroxylation sites is 1. The van der Waals surface area contributed by atoms with E-state index in [0.717, 1.165) is 36.9 Å². The Bertz CT molecular complexity index is 690. The predicted molar refractivity (Wildman–Crippen MR) is 98.3 cm³/mol. The van der Waals surface area contributed by atoms with Gasteiger partial charge in [0.05, 0.1) is 11.7 Å². The summed E-state index contributed by atoms with van der Waals surface area (Å²) >= 11 is 0. The highest BCUT2D eigenvalue weighted by Gasteiger charge is 2.21. The first kappa shape index (κ1) is 17.4. The highest BCUT2D eigenvalue weighted by atomic mass is 16.3. The Hall–Kier alpha value is -2.40. The molecule has 25 heavy (non-hydrogen) atoms. The van der Waals surface area contributed by atoms with E-state index in [9.17, 15) is 9.90 Å². The van der Waals surface area contributed by atoms with Crippen LogP contribution in [0.4, 0.5) is 5.69 Å². The third-order valence-corrected chi connectivity index (χ3v) is 4.68. The van der Waals surface area contributed by atoms with Crippen molar-refractivity contribution in [1.82, 2.24) is 10.3 Å². The molecule has 0 radical (unpaired) electrons. The number of aliphatic hydroxyl groups is 1. The van der Waals surface area contributed by atoms with Gasteiger partial charge in [0.2, 0.25) is 0 Å². The molecule has 1 aromatic carbocycles. The Kier molecular flexibility index (Phi) is 6.01. The molecule has 1 saturated carbocycles. The molecule has 1 fully saturated rings. The fourth-order valence-corrected chi connectivity index (χ4v) is 3.32. The smallest absolute Gasteiger partial charge is 0.253 e. The van der Waals surface area contributed by atoms with E-state index in [1.54, 1.807) is 6.20 Å². The van der Waals surface area contributed by atoms with Gasteiger partial charge in [0, 0.05) is 31.2 Å². The molecule has 0 aliphatic heterocycles. The SMILES string of the molecule is O=C(NCC1CCCC(O)C1)c1ccccc1NCc1cccnc1. The van der Waals surface area contributed by atoms with Crippen LogP contribution in [0.15, 0.2) is 48.8 Å². The summed E-state index contributed by atoms with van der Waals surface area (Å²) in [5.74, 6) is 0.289. The number of nitrogens with one attached hydrogen (secondary N) is 2. The first-order valence-electron chi connectivity index (χ1n) is 8.90. The number of pyridine rings is 1. The van der Waals surface area contributed by atoms with E-state index < -0.39 is 0 Å². The van der Waals surface area contributed by atoms with E-state index in [1.165, 1.54) is 0 Å². The second-order valence-corrected chi connectivity index (χ2v) is 6.66. The molecule has 1 aliphatic rings. The number of carbonyl (C=O) groups is 1. The van der Waals surface area contributed by atoms with Crippen LogP contribution in [0.5, 0.6) is 0 Å². The summed E-state index contributed by atoms with van der Waals surface area (Å²) in [5, 5.41) is 16.1. The minimum absolute atomic E-state index is 0.0747. The van der Waals surface area contributed by atoms with Crippen molar-refractivity contribution in [2.75, 3.05) is 11.9 Å². The molecule has 3 N–H and O–H groups in total. The average Bonchev–Trinajstić information content (AvgIpc) is 2.65. The third kappa shape index (κ3) is 5.03. The van der Waals surface area contributed by atoms with Crippen molar-refractivity contribution >= 4 is 11.6 Å². The molecule has 0 saturated heterocycles. The Morgan fingerprint density at radius 3 is 2.88 bits per heavy atom. The van der Waals surface area contributed by atoms with Crippen molar-refractivity contribution < 1.29 is 9.90 Å². The Morgan fingerprint density at radius 2 is 2.08 bits per heavy atom. The van der Waals surface area contributed by atoms with Crippen molar-refractivity contribution in [3.05, 3.63) is 59.9 Å². The van der Waals surface area contributed by atoms with Crippen molar-refractivity contribution in [1.29, 1.82) is 0 Å². The van der Waals surface area contributed by atoms with Crippen LogP contribution in [0.1, 0.15) is 41.6 Å². The number of aliphatic hydroxyl groups excluding tert-OH is 1. The molecule has 1 aromatic heterocycles. The van der Waals surface area contributed by atoms with E-state index in [0.29, 0.717) is 24.6 Å². The van der Waals surface area contributed by atoms with Crippen LogP contribution >= 0.6 is 0 Å². The standard InChI is InChI=1S/C20H25N3O2/c24-17-7-3-5-15(11-17)13-23-20(25)18-8-1-2-9-19(18)22-14-16-6-4-10-21-12-16/h1-2,4,6,8-10,12,15,17,22,24H,3,5,7,11,13-14H2,(H,23,25). The van der Waals surface area contributed by atoms with Crippen molar-refractivity contribution in [2.45, 2.75) is 38.3 Å². The van der Waals surface area contributed by atoms with Crippen LogP contribution in [0.3, 0.4) is 0 Å². The number of benzene rings is 1. The van der Waals surface area contributed by atoms with E-state index in [2.05, 4.69) is 15.6 Å². The zero-order chi connectivity index (χ0) is 17.5. The molecule has 2 atom stereocenters. The molecule has 1 aliphatic carbocycles. The highest BCUT2D eigenvalue weighted by molar-refractivity contribution is 5.99. The quantitative estimate of drug-likeness (QED) is 0.756. The van der Waals surface area contributed by atoms with Gasteiger partial charge in [-0.05, 0) is 48.9 Å². The minimum Gasteiger partial charge on any atom is -0.393 e. The lowest BCUT2D eigenvalue weighted by Gasteiger charge is -2.26. The lowest BCUT2D eigenvalue weighted by molar-refractivity contribution is 0.0874. The molecule has 2 unspecified atom stereocenters. The largest absolute Gasteiger partial charge is 0.393 e. The molecule has 5 nitrogen and oxygen atoms in total. The first-order valence-corrected chi connectivity index (χ1v) is 8.90. The maximum atomic E-state index is 12.6. The van der Waals surface area contributed by atoms with Gasteiger partial charge in [-0.2, -0.15) is 0 Å².